The fraction of sp³-hybridized carbons (Fsp3) is 0.158. The second kappa shape index (κ2) is 8.36. The van der Waals surface area contributed by atoms with Crippen LogP contribution in [0.25, 0.3) is 11.5 Å². The van der Waals surface area contributed by atoms with E-state index in [0.29, 0.717) is 17.4 Å². The first-order valence-electron chi connectivity index (χ1n) is 7.75. The Morgan fingerprint density at radius 2 is 2.04 bits per heavy atom. The van der Waals surface area contributed by atoms with Crippen molar-refractivity contribution in [3.63, 3.8) is 0 Å². The van der Waals surface area contributed by atoms with Crippen LogP contribution >= 0.6 is 27.7 Å². The summed E-state index contributed by atoms with van der Waals surface area (Å²) < 4.78 is 6.53. The predicted molar refractivity (Wildman–Crippen MR) is 106 cm³/mol. The molecule has 0 bridgehead atoms. The zero-order valence-corrected chi connectivity index (χ0v) is 16.1. The van der Waals surface area contributed by atoms with Gasteiger partial charge in [-0.05, 0) is 42.8 Å². The molecule has 1 aromatic heterocycles. The molecule has 25 heavy (non-hydrogen) atoms. The number of hydrogen-bond donors (Lipinski definition) is 1. The molecule has 0 aliphatic heterocycles. The average molecular weight is 417 g/mol. The second-order valence-electron chi connectivity index (χ2n) is 5.51. The molecule has 0 aliphatic carbocycles. The monoisotopic (exact) mass is 416 g/mol. The SMILES string of the molecule is Cc1cc(NC(=O)CSCc2coc(-c3ccccc3)n2)ccc1Br. The first-order valence-corrected chi connectivity index (χ1v) is 9.70. The summed E-state index contributed by atoms with van der Waals surface area (Å²) in [5.74, 6) is 1.57. The van der Waals surface area contributed by atoms with Crippen LogP contribution in [-0.2, 0) is 10.5 Å². The Balaban J connectivity index is 1.48. The fourth-order valence-electron chi connectivity index (χ4n) is 2.25. The lowest BCUT2D eigenvalue weighted by molar-refractivity contribution is -0.113. The number of oxazole rings is 1. The zero-order chi connectivity index (χ0) is 17.6. The van der Waals surface area contributed by atoms with Gasteiger partial charge in [-0.25, -0.2) is 4.98 Å². The van der Waals surface area contributed by atoms with Gasteiger partial charge in [0.15, 0.2) is 0 Å². The molecule has 128 valence electrons. The Bertz CT molecular complexity index is 865. The highest BCUT2D eigenvalue weighted by Crippen LogP contribution is 2.22. The van der Waals surface area contributed by atoms with E-state index in [-0.39, 0.29) is 5.91 Å². The van der Waals surface area contributed by atoms with E-state index in [2.05, 4.69) is 26.2 Å². The minimum Gasteiger partial charge on any atom is -0.444 e. The van der Waals surface area contributed by atoms with Crippen molar-refractivity contribution in [1.29, 1.82) is 0 Å². The van der Waals surface area contributed by atoms with E-state index in [4.69, 9.17) is 4.42 Å². The summed E-state index contributed by atoms with van der Waals surface area (Å²) >= 11 is 4.96. The number of rotatable bonds is 6. The highest BCUT2D eigenvalue weighted by molar-refractivity contribution is 9.10. The quantitative estimate of drug-likeness (QED) is 0.593. The fourth-order valence-corrected chi connectivity index (χ4v) is 3.20. The molecule has 0 spiro atoms. The van der Waals surface area contributed by atoms with E-state index in [1.54, 1.807) is 6.26 Å². The Morgan fingerprint density at radius 3 is 2.80 bits per heavy atom. The minimum atomic E-state index is -0.0292. The standard InChI is InChI=1S/C19H17BrN2O2S/c1-13-9-15(7-8-17(13)20)21-18(23)12-25-11-16-10-24-19(22-16)14-5-3-2-4-6-14/h2-10H,11-12H2,1H3,(H,21,23). The largest absolute Gasteiger partial charge is 0.444 e. The van der Waals surface area contributed by atoms with Crippen LogP contribution in [0.2, 0.25) is 0 Å². The van der Waals surface area contributed by atoms with Crippen molar-refractivity contribution in [2.75, 3.05) is 11.1 Å². The van der Waals surface area contributed by atoms with Gasteiger partial charge in [-0.1, -0.05) is 34.1 Å². The number of thioether (sulfide) groups is 1. The van der Waals surface area contributed by atoms with Gasteiger partial charge in [0, 0.05) is 21.5 Å². The number of anilines is 1. The van der Waals surface area contributed by atoms with E-state index in [1.165, 1.54) is 11.8 Å². The molecule has 0 atom stereocenters. The molecule has 0 radical (unpaired) electrons. The van der Waals surface area contributed by atoms with E-state index < -0.39 is 0 Å². The molecule has 3 aromatic rings. The molecule has 0 unspecified atom stereocenters. The molecule has 3 rings (SSSR count). The molecule has 0 aliphatic rings. The minimum absolute atomic E-state index is 0.0292. The average Bonchev–Trinajstić information content (AvgIpc) is 3.08. The topological polar surface area (TPSA) is 55.1 Å². The molecule has 1 N–H and O–H groups in total. The molecular formula is C19H17BrN2O2S. The van der Waals surface area contributed by atoms with Gasteiger partial charge in [-0.2, -0.15) is 0 Å². The molecule has 1 amide bonds. The third-order valence-electron chi connectivity index (χ3n) is 3.50. The number of aryl methyl sites for hydroxylation is 1. The van der Waals surface area contributed by atoms with E-state index in [1.807, 2.05) is 55.5 Å². The van der Waals surface area contributed by atoms with Crippen LogP contribution in [0.3, 0.4) is 0 Å². The van der Waals surface area contributed by atoms with Gasteiger partial charge in [-0.3, -0.25) is 4.79 Å². The first-order chi connectivity index (χ1) is 12.1. The number of amides is 1. The zero-order valence-electron chi connectivity index (χ0n) is 13.7. The Morgan fingerprint density at radius 1 is 1.24 bits per heavy atom. The van der Waals surface area contributed by atoms with Crippen LogP contribution in [0.4, 0.5) is 5.69 Å². The molecule has 0 saturated carbocycles. The maximum absolute atomic E-state index is 12.0. The van der Waals surface area contributed by atoms with Crippen molar-refractivity contribution in [2.45, 2.75) is 12.7 Å². The van der Waals surface area contributed by atoms with Crippen molar-refractivity contribution >= 4 is 39.3 Å². The third-order valence-corrected chi connectivity index (χ3v) is 5.35. The maximum Gasteiger partial charge on any atom is 0.234 e. The maximum atomic E-state index is 12.0. The summed E-state index contributed by atoms with van der Waals surface area (Å²) in [5, 5.41) is 2.90. The molecule has 1 heterocycles. The van der Waals surface area contributed by atoms with Gasteiger partial charge < -0.3 is 9.73 Å². The second-order valence-corrected chi connectivity index (χ2v) is 7.35. The number of carbonyl (C=O) groups excluding carboxylic acids is 1. The van der Waals surface area contributed by atoms with Crippen molar-refractivity contribution in [1.82, 2.24) is 4.98 Å². The van der Waals surface area contributed by atoms with E-state index >= 15 is 0 Å². The smallest absolute Gasteiger partial charge is 0.234 e. The Kier molecular flexibility index (Phi) is 5.94. The number of hydrogen-bond acceptors (Lipinski definition) is 4. The van der Waals surface area contributed by atoms with Crippen LogP contribution in [0.15, 0.2) is 63.7 Å². The van der Waals surface area contributed by atoms with Crippen molar-refractivity contribution < 1.29 is 9.21 Å². The van der Waals surface area contributed by atoms with Gasteiger partial charge >= 0.3 is 0 Å². The summed E-state index contributed by atoms with van der Waals surface area (Å²) in [4.78, 5) is 16.5. The number of aromatic nitrogens is 1. The molecule has 0 saturated heterocycles. The van der Waals surface area contributed by atoms with Crippen molar-refractivity contribution in [3.8, 4) is 11.5 Å². The Labute approximate surface area is 159 Å². The summed E-state index contributed by atoms with van der Waals surface area (Å²) in [5.41, 5.74) is 3.67. The van der Waals surface area contributed by atoms with Crippen LogP contribution in [0, 0.1) is 6.92 Å². The summed E-state index contributed by atoms with van der Waals surface area (Å²) in [6.07, 6.45) is 1.64. The van der Waals surface area contributed by atoms with Gasteiger partial charge in [-0.15, -0.1) is 11.8 Å². The van der Waals surface area contributed by atoms with Crippen LogP contribution in [-0.4, -0.2) is 16.6 Å². The highest BCUT2D eigenvalue weighted by atomic mass is 79.9. The van der Waals surface area contributed by atoms with E-state index in [9.17, 15) is 4.79 Å². The van der Waals surface area contributed by atoms with Crippen LogP contribution < -0.4 is 5.32 Å². The predicted octanol–water partition coefficient (Wildman–Crippen LogP) is 5.28. The lowest BCUT2D eigenvalue weighted by Crippen LogP contribution is -2.14. The van der Waals surface area contributed by atoms with Crippen LogP contribution in [0.1, 0.15) is 11.3 Å². The number of nitrogens with one attached hydrogen (secondary N) is 1. The highest BCUT2D eigenvalue weighted by Gasteiger charge is 2.08. The molecule has 0 fully saturated rings. The van der Waals surface area contributed by atoms with Crippen LogP contribution in [0.5, 0.6) is 0 Å². The normalized spacial score (nSPS) is 10.6. The number of nitrogens with zero attached hydrogens (tertiary/aromatic N) is 1. The van der Waals surface area contributed by atoms with E-state index in [0.717, 1.165) is 27.0 Å². The summed E-state index contributed by atoms with van der Waals surface area (Å²) in [6.45, 7) is 1.99. The number of carbonyl (C=O) groups is 1. The molecular weight excluding hydrogens is 400 g/mol. The lowest BCUT2D eigenvalue weighted by Gasteiger charge is -2.06. The Hall–Kier alpha value is -2.05. The number of benzene rings is 2. The third kappa shape index (κ3) is 4.96. The van der Waals surface area contributed by atoms with Gasteiger partial charge in [0.1, 0.15) is 6.26 Å². The molecule has 4 nitrogen and oxygen atoms in total. The lowest BCUT2D eigenvalue weighted by atomic mass is 10.2. The van der Waals surface area contributed by atoms with Crippen molar-refractivity contribution in [2.24, 2.45) is 0 Å². The van der Waals surface area contributed by atoms with Gasteiger partial charge in [0.2, 0.25) is 11.8 Å². The molecule has 2 aromatic carbocycles. The molecule has 6 heteroatoms. The first kappa shape index (κ1) is 17.8. The van der Waals surface area contributed by atoms with Gasteiger partial charge in [0.25, 0.3) is 0 Å². The number of halogens is 1. The van der Waals surface area contributed by atoms with Gasteiger partial charge in [0.05, 0.1) is 11.4 Å². The summed E-state index contributed by atoms with van der Waals surface area (Å²) in [6, 6.07) is 15.5. The van der Waals surface area contributed by atoms with Crippen molar-refractivity contribution in [3.05, 3.63) is 70.5 Å². The summed E-state index contributed by atoms with van der Waals surface area (Å²) in [7, 11) is 0.